The number of benzene rings is 1. The van der Waals surface area contributed by atoms with E-state index < -0.39 is 0 Å². The maximum absolute atomic E-state index is 5.98. The van der Waals surface area contributed by atoms with Gasteiger partial charge >= 0.3 is 0 Å². The summed E-state index contributed by atoms with van der Waals surface area (Å²) in [7, 11) is 0. The number of nitrogens with zero attached hydrogens (tertiary/aromatic N) is 2. The highest BCUT2D eigenvalue weighted by atomic mass is 35.5. The van der Waals surface area contributed by atoms with E-state index in [1.807, 2.05) is 23.0 Å². The van der Waals surface area contributed by atoms with Gasteiger partial charge in [0.25, 0.3) is 0 Å². The molecule has 1 aromatic heterocycles. The summed E-state index contributed by atoms with van der Waals surface area (Å²) in [4.78, 5) is 0. The second-order valence-corrected chi connectivity index (χ2v) is 5.71. The summed E-state index contributed by atoms with van der Waals surface area (Å²) in [5, 5.41) is 8.55. The minimum absolute atomic E-state index is 0.201. The first-order chi connectivity index (χ1) is 9.22. The summed E-state index contributed by atoms with van der Waals surface area (Å²) >= 11 is 5.98. The summed E-state index contributed by atoms with van der Waals surface area (Å²) in [5.41, 5.74) is 2.87. The third-order valence-corrected chi connectivity index (χ3v) is 4.19. The highest BCUT2D eigenvalue weighted by Gasteiger charge is 2.38. The number of hydrogen-bond acceptors (Lipinski definition) is 2. The molecule has 2 aromatic rings. The summed E-state index contributed by atoms with van der Waals surface area (Å²) in [6.07, 6.45) is 5.16. The normalized spacial score (nSPS) is 17.2. The molecular formula is C15H18ClN3. The van der Waals surface area contributed by atoms with Gasteiger partial charge in [0.1, 0.15) is 0 Å². The molecule has 0 amide bonds. The molecule has 0 radical (unpaired) electrons. The standard InChI is InChI=1S/C15H18ClN3/c1-2-19-9-12(8-18-19)7-15(10-17-11-15)13-3-5-14(16)6-4-13/h3-6,8-9,17H,2,7,10-11H2,1H3. The zero-order chi connectivity index (χ0) is 13.3. The van der Waals surface area contributed by atoms with Crippen LogP contribution in [0.4, 0.5) is 0 Å². The lowest BCUT2D eigenvalue weighted by atomic mass is 9.71. The third-order valence-electron chi connectivity index (χ3n) is 3.94. The van der Waals surface area contributed by atoms with Crippen LogP contribution in [0.25, 0.3) is 0 Å². The molecule has 2 heterocycles. The van der Waals surface area contributed by atoms with Crippen molar-refractivity contribution in [3.63, 3.8) is 0 Å². The molecule has 1 saturated heterocycles. The molecule has 3 rings (SSSR count). The lowest BCUT2D eigenvalue weighted by Crippen LogP contribution is -2.58. The largest absolute Gasteiger partial charge is 0.315 e. The van der Waals surface area contributed by atoms with Crippen molar-refractivity contribution < 1.29 is 0 Å². The van der Waals surface area contributed by atoms with E-state index in [1.165, 1.54) is 11.1 Å². The first kappa shape index (κ1) is 12.7. The lowest BCUT2D eigenvalue weighted by molar-refractivity contribution is 0.274. The van der Waals surface area contributed by atoms with Gasteiger partial charge in [-0.05, 0) is 36.6 Å². The summed E-state index contributed by atoms with van der Waals surface area (Å²) in [5.74, 6) is 0. The molecule has 0 spiro atoms. The smallest absolute Gasteiger partial charge is 0.0522 e. The van der Waals surface area contributed by atoms with E-state index in [0.29, 0.717) is 0 Å². The zero-order valence-electron chi connectivity index (χ0n) is 11.1. The third kappa shape index (κ3) is 2.40. The van der Waals surface area contributed by atoms with Crippen molar-refractivity contribution in [1.82, 2.24) is 15.1 Å². The van der Waals surface area contributed by atoms with E-state index in [0.717, 1.165) is 31.1 Å². The Morgan fingerprint density at radius 2 is 2.05 bits per heavy atom. The molecule has 1 aliphatic heterocycles. The summed E-state index contributed by atoms with van der Waals surface area (Å²) < 4.78 is 1.98. The Kier molecular flexibility index (Phi) is 3.33. The molecule has 0 aliphatic carbocycles. The molecule has 4 heteroatoms. The maximum Gasteiger partial charge on any atom is 0.0522 e. The van der Waals surface area contributed by atoms with E-state index in [9.17, 15) is 0 Å². The van der Waals surface area contributed by atoms with Crippen molar-refractivity contribution in [2.75, 3.05) is 13.1 Å². The van der Waals surface area contributed by atoms with Gasteiger partial charge in [0.2, 0.25) is 0 Å². The van der Waals surface area contributed by atoms with E-state index >= 15 is 0 Å². The van der Waals surface area contributed by atoms with Gasteiger partial charge < -0.3 is 5.32 Å². The first-order valence-electron chi connectivity index (χ1n) is 6.70. The number of aryl methyl sites for hydroxylation is 1. The molecule has 1 N–H and O–H groups in total. The van der Waals surface area contributed by atoms with Crippen LogP contribution in [0.2, 0.25) is 5.02 Å². The van der Waals surface area contributed by atoms with Crippen LogP contribution in [0.1, 0.15) is 18.1 Å². The van der Waals surface area contributed by atoms with Gasteiger partial charge in [0.05, 0.1) is 6.20 Å². The number of rotatable bonds is 4. The fourth-order valence-electron chi connectivity index (χ4n) is 2.72. The highest BCUT2D eigenvalue weighted by Crippen LogP contribution is 2.33. The van der Waals surface area contributed by atoms with Crippen molar-refractivity contribution in [1.29, 1.82) is 0 Å². The van der Waals surface area contributed by atoms with Crippen LogP contribution in [0, 0.1) is 0 Å². The Labute approximate surface area is 118 Å². The van der Waals surface area contributed by atoms with Gasteiger partial charge in [-0.15, -0.1) is 0 Å². The Bertz CT molecular complexity index is 555. The van der Waals surface area contributed by atoms with Gasteiger partial charge in [-0.2, -0.15) is 5.10 Å². The number of halogens is 1. The van der Waals surface area contributed by atoms with Crippen LogP contribution in [0.15, 0.2) is 36.7 Å². The molecule has 1 fully saturated rings. The van der Waals surface area contributed by atoms with Crippen LogP contribution in [0.5, 0.6) is 0 Å². The predicted octanol–water partition coefficient (Wildman–Crippen LogP) is 2.64. The average Bonchev–Trinajstić information content (AvgIpc) is 2.83. The van der Waals surface area contributed by atoms with E-state index in [-0.39, 0.29) is 5.41 Å². The zero-order valence-corrected chi connectivity index (χ0v) is 11.8. The molecule has 0 unspecified atom stereocenters. The van der Waals surface area contributed by atoms with Crippen molar-refractivity contribution >= 4 is 11.6 Å². The Morgan fingerprint density at radius 3 is 2.58 bits per heavy atom. The minimum Gasteiger partial charge on any atom is -0.315 e. The molecular weight excluding hydrogens is 258 g/mol. The SMILES string of the molecule is CCn1cc(CC2(c3ccc(Cl)cc3)CNC2)cn1. The number of hydrogen-bond donors (Lipinski definition) is 1. The van der Waals surface area contributed by atoms with E-state index in [2.05, 4.69) is 35.7 Å². The van der Waals surface area contributed by atoms with Crippen LogP contribution in [0.3, 0.4) is 0 Å². The minimum atomic E-state index is 0.201. The van der Waals surface area contributed by atoms with Gasteiger partial charge in [-0.1, -0.05) is 23.7 Å². The molecule has 1 aliphatic rings. The van der Waals surface area contributed by atoms with Gasteiger partial charge in [-0.25, -0.2) is 0 Å². The van der Waals surface area contributed by atoms with Crippen molar-refractivity contribution in [2.45, 2.75) is 25.3 Å². The molecule has 1 aromatic carbocycles. The van der Waals surface area contributed by atoms with Crippen molar-refractivity contribution in [3.8, 4) is 0 Å². The second kappa shape index (κ2) is 4.99. The maximum atomic E-state index is 5.98. The van der Waals surface area contributed by atoms with Crippen LogP contribution < -0.4 is 5.32 Å². The average molecular weight is 276 g/mol. The van der Waals surface area contributed by atoms with Crippen molar-refractivity contribution in [3.05, 3.63) is 52.8 Å². The van der Waals surface area contributed by atoms with Gasteiger partial charge in [0, 0.05) is 36.3 Å². The number of aromatic nitrogens is 2. The monoisotopic (exact) mass is 275 g/mol. The topological polar surface area (TPSA) is 29.9 Å². The lowest BCUT2D eigenvalue weighted by Gasteiger charge is -2.43. The quantitative estimate of drug-likeness (QED) is 0.930. The summed E-state index contributed by atoms with van der Waals surface area (Å²) in [6.45, 7) is 5.07. The molecule has 0 saturated carbocycles. The number of nitrogens with one attached hydrogen (secondary N) is 1. The van der Waals surface area contributed by atoms with E-state index in [1.54, 1.807) is 0 Å². The fourth-order valence-corrected chi connectivity index (χ4v) is 2.85. The Balaban J connectivity index is 1.84. The van der Waals surface area contributed by atoms with Crippen LogP contribution >= 0.6 is 11.6 Å². The fraction of sp³-hybridized carbons (Fsp3) is 0.400. The van der Waals surface area contributed by atoms with Gasteiger partial charge in [0.15, 0.2) is 0 Å². The molecule has 19 heavy (non-hydrogen) atoms. The van der Waals surface area contributed by atoms with Crippen LogP contribution in [-0.2, 0) is 18.4 Å². The second-order valence-electron chi connectivity index (χ2n) is 5.27. The highest BCUT2D eigenvalue weighted by molar-refractivity contribution is 6.30. The Hall–Kier alpha value is -1.32. The van der Waals surface area contributed by atoms with Gasteiger partial charge in [-0.3, -0.25) is 4.68 Å². The molecule has 3 nitrogen and oxygen atoms in total. The Morgan fingerprint density at radius 1 is 1.32 bits per heavy atom. The predicted molar refractivity (Wildman–Crippen MR) is 77.6 cm³/mol. The first-order valence-corrected chi connectivity index (χ1v) is 7.08. The molecule has 100 valence electrons. The van der Waals surface area contributed by atoms with Crippen molar-refractivity contribution in [2.24, 2.45) is 0 Å². The molecule has 0 bridgehead atoms. The van der Waals surface area contributed by atoms with E-state index in [4.69, 9.17) is 11.6 Å². The van der Waals surface area contributed by atoms with Crippen LogP contribution in [-0.4, -0.2) is 22.9 Å². The molecule has 0 atom stereocenters. The summed E-state index contributed by atoms with van der Waals surface area (Å²) in [6, 6.07) is 8.25.